The van der Waals surface area contributed by atoms with E-state index in [1.807, 2.05) is 0 Å². The van der Waals surface area contributed by atoms with Crippen molar-refractivity contribution in [3.63, 3.8) is 0 Å². The molecule has 17 heavy (non-hydrogen) atoms. The lowest BCUT2D eigenvalue weighted by molar-refractivity contribution is 0.318. The Balaban J connectivity index is 3.20. The maximum absolute atomic E-state index is 12.8. The van der Waals surface area contributed by atoms with Crippen molar-refractivity contribution < 1.29 is 18.0 Å². The van der Waals surface area contributed by atoms with Gasteiger partial charge in [0, 0.05) is 11.8 Å². The molecule has 0 amide bonds. The van der Waals surface area contributed by atoms with Gasteiger partial charge in [0.25, 0.3) is 0 Å². The first-order valence-corrected chi connectivity index (χ1v) is 7.02. The molecule has 0 spiro atoms. The Labute approximate surface area is 99.7 Å². The molecule has 0 heterocycles. The lowest BCUT2D eigenvalue weighted by Gasteiger charge is -2.14. The maximum Gasteiger partial charge on any atom is 0.156 e. The summed E-state index contributed by atoms with van der Waals surface area (Å²) in [4.78, 5) is 0. The number of rotatable bonds is 4. The highest BCUT2D eigenvalue weighted by atomic mass is 32.2. The average molecular weight is 259 g/mol. The third-order valence-electron chi connectivity index (χ3n) is 2.44. The number of nitrogens with zero attached hydrogens (tertiary/aromatic N) is 1. The largest absolute Gasteiger partial charge is 0.411 e. The lowest BCUT2D eigenvalue weighted by atomic mass is 10.1. The third kappa shape index (κ3) is 3.26. The molecule has 1 atom stereocenters. The van der Waals surface area contributed by atoms with Crippen LogP contribution in [0.4, 0.5) is 4.39 Å². The molecule has 0 saturated heterocycles. The van der Waals surface area contributed by atoms with Gasteiger partial charge in [-0.1, -0.05) is 24.2 Å². The van der Waals surface area contributed by atoms with Crippen LogP contribution in [0.2, 0.25) is 0 Å². The molecule has 0 aliphatic rings. The van der Waals surface area contributed by atoms with Crippen molar-refractivity contribution >= 4 is 15.5 Å². The molecule has 1 unspecified atom stereocenters. The minimum Gasteiger partial charge on any atom is -0.411 e. The molecule has 0 saturated carbocycles. The van der Waals surface area contributed by atoms with Crippen LogP contribution < -0.4 is 0 Å². The summed E-state index contributed by atoms with van der Waals surface area (Å²) in [6.07, 6.45) is 1.37. The second kappa shape index (κ2) is 5.27. The SMILES string of the molecule is CCC(/C(=N/O)c1ccc(F)cc1)S(C)(=O)=O. The van der Waals surface area contributed by atoms with E-state index in [1.165, 1.54) is 24.3 Å². The molecular formula is C11H14FNO3S. The van der Waals surface area contributed by atoms with Crippen LogP contribution in [0.1, 0.15) is 18.9 Å². The van der Waals surface area contributed by atoms with E-state index in [9.17, 15) is 12.8 Å². The summed E-state index contributed by atoms with van der Waals surface area (Å²) >= 11 is 0. The van der Waals surface area contributed by atoms with Gasteiger partial charge in [0.15, 0.2) is 9.84 Å². The van der Waals surface area contributed by atoms with Gasteiger partial charge >= 0.3 is 0 Å². The van der Waals surface area contributed by atoms with E-state index in [4.69, 9.17) is 5.21 Å². The van der Waals surface area contributed by atoms with Gasteiger partial charge in [-0.2, -0.15) is 0 Å². The number of oxime groups is 1. The van der Waals surface area contributed by atoms with E-state index in [0.717, 1.165) is 6.26 Å². The molecule has 0 aliphatic carbocycles. The van der Waals surface area contributed by atoms with Crippen molar-refractivity contribution in [1.82, 2.24) is 0 Å². The Morgan fingerprint density at radius 2 is 1.94 bits per heavy atom. The number of halogens is 1. The smallest absolute Gasteiger partial charge is 0.156 e. The molecule has 1 rings (SSSR count). The Bertz CT molecular complexity index is 508. The second-order valence-electron chi connectivity index (χ2n) is 3.72. The molecule has 0 radical (unpaired) electrons. The third-order valence-corrected chi connectivity index (χ3v) is 4.03. The zero-order chi connectivity index (χ0) is 13.1. The number of sulfone groups is 1. The molecule has 1 aromatic carbocycles. The first kappa shape index (κ1) is 13.6. The van der Waals surface area contributed by atoms with E-state index in [1.54, 1.807) is 6.92 Å². The molecule has 6 heteroatoms. The predicted molar refractivity (Wildman–Crippen MR) is 63.6 cm³/mol. The van der Waals surface area contributed by atoms with Crippen molar-refractivity contribution in [3.05, 3.63) is 35.6 Å². The van der Waals surface area contributed by atoms with Crippen molar-refractivity contribution in [2.45, 2.75) is 18.6 Å². The van der Waals surface area contributed by atoms with E-state index in [-0.39, 0.29) is 12.1 Å². The van der Waals surface area contributed by atoms with Crippen LogP contribution in [-0.2, 0) is 9.84 Å². The van der Waals surface area contributed by atoms with Crippen LogP contribution in [0.5, 0.6) is 0 Å². The minimum atomic E-state index is -3.37. The van der Waals surface area contributed by atoms with Crippen LogP contribution >= 0.6 is 0 Å². The normalized spacial score (nSPS) is 14.6. The highest BCUT2D eigenvalue weighted by molar-refractivity contribution is 7.92. The molecule has 4 nitrogen and oxygen atoms in total. The Hall–Kier alpha value is -1.43. The molecule has 94 valence electrons. The summed E-state index contributed by atoms with van der Waals surface area (Å²) in [6.45, 7) is 1.68. The second-order valence-corrected chi connectivity index (χ2v) is 5.95. The fourth-order valence-electron chi connectivity index (χ4n) is 1.63. The zero-order valence-electron chi connectivity index (χ0n) is 9.59. The maximum atomic E-state index is 12.8. The van der Waals surface area contributed by atoms with Gasteiger partial charge in [-0.25, -0.2) is 12.8 Å². The van der Waals surface area contributed by atoms with Crippen LogP contribution in [0.15, 0.2) is 29.4 Å². The topological polar surface area (TPSA) is 66.7 Å². The molecule has 0 bridgehead atoms. The first-order chi connectivity index (χ1) is 7.90. The van der Waals surface area contributed by atoms with Gasteiger partial charge in [0.2, 0.25) is 0 Å². The molecule has 0 aromatic heterocycles. The Morgan fingerprint density at radius 1 is 1.41 bits per heavy atom. The van der Waals surface area contributed by atoms with Crippen LogP contribution in [0.25, 0.3) is 0 Å². The molecular weight excluding hydrogens is 245 g/mol. The van der Waals surface area contributed by atoms with E-state index < -0.39 is 20.9 Å². The summed E-state index contributed by atoms with van der Waals surface area (Å²) in [5.41, 5.74) is 0.432. The molecule has 0 fully saturated rings. The molecule has 1 N–H and O–H groups in total. The van der Waals surface area contributed by atoms with E-state index >= 15 is 0 Å². The van der Waals surface area contributed by atoms with Gasteiger partial charge in [0.1, 0.15) is 16.8 Å². The average Bonchev–Trinajstić information content (AvgIpc) is 2.25. The van der Waals surface area contributed by atoms with Gasteiger partial charge < -0.3 is 5.21 Å². The van der Waals surface area contributed by atoms with Crippen molar-refractivity contribution in [2.75, 3.05) is 6.26 Å². The Morgan fingerprint density at radius 3 is 2.29 bits per heavy atom. The van der Waals surface area contributed by atoms with Gasteiger partial charge in [-0.3, -0.25) is 0 Å². The highest BCUT2D eigenvalue weighted by Crippen LogP contribution is 2.14. The van der Waals surface area contributed by atoms with Crippen LogP contribution in [0, 0.1) is 5.82 Å². The van der Waals surface area contributed by atoms with Crippen molar-refractivity contribution in [3.8, 4) is 0 Å². The zero-order valence-corrected chi connectivity index (χ0v) is 10.4. The minimum absolute atomic E-state index is 0.0370. The van der Waals surface area contributed by atoms with E-state index in [0.29, 0.717) is 5.56 Å². The fourth-order valence-corrected chi connectivity index (χ4v) is 2.82. The van der Waals surface area contributed by atoms with Crippen molar-refractivity contribution in [1.29, 1.82) is 0 Å². The lowest BCUT2D eigenvalue weighted by Crippen LogP contribution is -2.29. The number of hydrogen-bond acceptors (Lipinski definition) is 4. The predicted octanol–water partition coefficient (Wildman–Crippen LogP) is 1.83. The summed E-state index contributed by atoms with van der Waals surface area (Å²) < 4.78 is 35.8. The number of benzene rings is 1. The quantitative estimate of drug-likeness (QED) is 0.509. The van der Waals surface area contributed by atoms with Crippen molar-refractivity contribution in [2.24, 2.45) is 5.16 Å². The standard InChI is InChI=1S/C11H14FNO3S/c1-3-10(17(2,15)16)11(13-14)8-4-6-9(12)7-5-8/h4-7,10,14H,3H2,1-2H3/b13-11+. The summed E-state index contributed by atoms with van der Waals surface area (Å²) in [7, 11) is -3.37. The van der Waals surface area contributed by atoms with Gasteiger partial charge in [-0.05, 0) is 18.6 Å². The van der Waals surface area contributed by atoms with Crippen LogP contribution in [0.3, 0.4) is 0 Å². The van der Waals surface area contributed by atoms with E-state index in [2.05, 4.69) is 5.16 Å². The summed E-state index contributed by atoms with van der Waals surface area (Å²) in [6, 6.07) is 5.15. The fraction of sp³-hybridized carbons (Fsp3) is 0.364. The molecule has 1 aromatic rings. The highest BCUT2D eigenvalue weighted by Gasteiger charge is 2.26. The monoisotopic (exact) mass is 259 g/mol. The van der Waals surface area contributed by atoms with Crippen LogP contribution in [-0.4, -0.2) is 30.8 Å². The summed E-state index contributed by atoms with van der Waals surface area (Å²) in [5, 5.41) is 11.1. The summed E-state index contributed by atoms with van der Waals surface area (Å²) in [5.74, 6) is -0.432. The first-order valence-electron chi connectivity index (χ1n) is 5.07. The number of hydrogen-bond donors (Lipinski definition) is 1. The van der Waals surface area contributed by atoms with Gasteiger partial charge in [0.05, 0.1) is 0 Å². The van der Waals surface area contributed by atoms with Gasteiger partial charge in [-0.15, -0.1) is 0 Å². The molecule has 0 aliphatic heterocycles. The Kier molecular flexibility index (Phi) is 4.22.